The zero-order valence-corrected chi connectivity index (χ0v) is 25.2. The molecule has 4 aromatic rings. The number of ether oxygens (including phenoxy) is 3. The van der Waals surface area contributed by atoms with Gasteiger partial charge < -0.3 is 24.4 Å². The molecule has 0 bridgehead atoms. The number of benzene rings is 4. The molecule has 2 N–H and O–H groups in total. The highest BCUT2D eigenvalue weighted by molar-refractivity contribution is 7.92. The molecule has 4 aromatic carbocycles. The molecule has 1 aliphatic heterocycles. The van der Waals surface area contributed by atoms with Crippen LogP contribution in [0.4, 0.5) is 11.4 Å². The molecule has 228 valence electrons. The molecule has 11 heteroatoms. The van der Waals surface area contributed by atoms with Crippen LogP contribution in [0.1, 0.15) is 18.1 Å². The lowest BCUT2D eigenvalue weighted by Crippen LogP contribution is -2.51. The Hall–Kier alpha value is -5.03. The SMILES string of the molecule is CCOc1ccc(NS(=O)(=O)c2ccc(OCC(=O)N3C[C@@H](C(=O)NCc4ccccc4)Oc4ccccc43)c(C)c2)cc1. The van der Waals surface area contributed by atoms with Crippen molar-refractivity contribution >= 4 is 33.2 Å². The molecule has 1 heterocycles. The second-order valence-corrected chi connectivity index (χ2v) is 11.7. The van der Waals surface area contributed by atoms with E-state index in [2.05, 4.69) is 10.0 Å². The van der Waals surface area contributed by atoms with Crippen LogP contribution in [0.15, 0.2) is 102 Å². The predicted molar refractivity (Wildman–Crippen MR) is 167 cm³/mol. The second-order valence-electron chi connectivity index (χ2n) is 10.1. The normalized spacial score (nSPS) is 14.1. The quantitative estimate of drug-likeness (QED) is 0.251. The fourth-order valence-corrected chi connectivity index (χ4v) is 5.82. The molecular formula is C33H33N3O7S. The third-order valence-electron chi connectivity index (χ3n) is 6.90. The van der Waals surface area contributed by atoms with Gasteiger partial charge in [-0.1, -0.05) is 42.5 Å². The summed E-state index contributed by atoms with van der Waals surface area (Å²) in [4.78, 5) is 27.9. The van der Waals surface area contributed by atoms with E-state index in [1.807, 2.05) is 37.3 Å². The van der Waals surface area contributed by atoms with Gasteiger partial charge in [0.05, 0.1) is 23.7 Å². The summed E-state index contributed by atoms with van der Waals surface area (Å²) in [6.07, 6.45) is -0.910. The lowest BCUT2D eigenvalue weighted by Gasteiger charge is -2.34. The lowest BCUT2D eigenvalue weighted by molar-refractivity contribution is -0.128. The van der Waals surface area contributed by atoms with Crippen LogP contribution in [0.2, 0.25) is 0 Å². The average Bonchev–Trinajstić information content (AvgIpc) is 3.03. The van der Waals surface area contributed by atoms with Crippen molar-refractivity contribution < 1.29 is 32.2 Å². The van der Waals surface area contributed by atoms with Gasteiger partial charge in [-0.25, -0.2) is 8.42 Å². The highest BCUT2D eigenvalue weighted by Gasteiger charge is 2.34. The third kappa shape index (κ3) is 7.30. The summed E-state index contributed by atoms with van der Waals surface area (Å²) in [6.45, 7) is 4.09. The smallest absolute Gasteiger partial charge is 0.265 e. The van der Waals surface area contributed by atoms with E-state index in [4.69, 9.17) is 14.2 Å². The van der Waals surface area contributed by atoms with Gasteiger partial charge in [0.2, 0.25) is 0 Å². The Morgan fingerprint density at radius 2 is 1.66 bits per heavy atom. The molecule has 2 amide bonds. The Kier molecular flexibility index (Phi) is 9.35. The summed E-state index contributed by atoms with van der Waals surface area (Å²) in [5, 5.41) is 2.87. The predicted octanol–water partition coefficient (Wildman–Crippen LogP) is 4.68. The molecule has 1 atom stereocenters. The standard InChI is InChI=1S/C33H33N3O7S/c1-3-41-26-15-13-25(14-16-26)35-44(39,40)27-17-18-29(23(2)19-27)42-22-32(37)36-21-31(43-30-12-8-7-11-28(30)36)33(38)34-20-24-9-5-4-6-10-24/h4-19,31,35H,3,20-22H2,1-2H3,(H,34,38)/t31-/m0/s1. The first-order valence-corrected chi connectivity index (χ1v) is 15.6. The van der Waals surface area contributed by atoms with E-state index >= 15 is 0 Å². The zero-order chi connectivity index (χ0) is 31.1. The van der Waals surface area contributed by atoms with Crippen molar-refractivity contribution in [3.05, 3.63) is 108 Å². The number of hydrogen-bond donors (Lipinski definition) is 2. The number of nitrogens with one attached hydrogen (secondary N) is 2. The van der Waals surface area contributed by atoms with Crippen molar-refractivity contribution in [2.24, 2.45) is 0 Å². The Morgan fingerprint density at radius 3 is 2.39 bits per heavy atom. The number of aryl methyl sites for hydroxylation is 1. The number of anilines is 2. The summed E-state index contributed by atoms with van der Waals surface area (Å²) >= 11 is 0. The first-order valence-electron chi connectivity index (χ1n) is 14.1. The highest BCUT2D eigenvalue weighted by atomic mass is 32.2. The Balaban J connectivity index is 1.23. The molecule has 44 heavy (non-hydrogen) atoms. The maximum atomic E-state index is 13.4. The van der Waals surface area contributed by atoms with Crippen LogP contribution in [-0.4, -0.2) is 46.1 Å². The van der Waals surface area contributed by atoms with Crippen molar-refractivity contribution in [3.8, 4) is 17.2 Å². The molecule has 0 radical (unpaired) electrons. The van der Waals surface area contributed by atoms with Gasteiger partial charge in [0.15, 0.2) is 12.7 Å². The van der Waals surface area contributed by atoms with Gasteiger partial charge >= 0.3 is 0 Å². The molecule has 0 saturated carbocycles. The van der Waals surface area contributed by atoms with Crippen LogP contribution in [0.25, 0.3) is 0 Å². The summed E-state index contributed by atoms with van der Waals surface area (Å²) < 4.78 is 45.7. The van der Waals surface area contributed by atoms with E-state index in [1.54, 1.807) is 55.5 Å². The molecule has 0 fully saturated rings. The number of carbonyl (C=O) groups is 2. The monoisotopic (exact) mass is 615 g/mol. The number of nitrogens with zero attached hydrogens (tertiary/aromatic N) is 1. The molecule has 5 rings (SSSR count). The third-order valence-corrected chi connectivity index (χ3v) is 8.28. The largest absolute Gasteiger partial charge is 0.494 e. The number of para-hydroxylation sites is 2. The van der Waals surface area contributed by atoms with Crippen LogP contribution < -0.4 is 29.1 Å². The Bertz CT molecular complexity index is 1730. The van der Waals surface area contributed by atoms with E-state index in [-0.39, 0.29) is 29.9 Å². The lowest BCUT2D eigenvalue weighted by atomic mass is 10.1. The highest BCUT2D eigenvalue weighted by Crippen LogP contribution is 2.33. The number of hydrogen-bond acceptors (Lipinski definition) is 7. The van der Waals surface area contributed by atoms with Crippen molar-refractivity contribution in [2.45, 2.75) is 31.4 Å². The fraction of sp³-hybridized carbons (Fsp3) is 0.212. The molecule has 0 unspecified atom stereocenters. The van der Waals surface area contributed by atoms with Crippen molar-refractivity contribution in [1.29, 1.82) is 0 Å². The van der Waals surface area contributed by atoms with Gasteiger partial charge in [-0.05, 0) is 79.6 Å². The van der Waals surface area contributed by atoms with Gasteiger partial charge in [0.1, 0.15) is 17.2 Å². The Morgan fingerprint density at radius 1 is 0.932 bits per heavy atom. The van der Waals surface area contributed by atoms with Crippen molar-refractivity contribution in [1.82, 2.24) is 5.32 Å². The second kappa shape index (κ2) is 13.5. The van der Waals surface area contributed by atoms with Crippen molar-refractivity contribution in [3.63, 3.8) is 0 Å². The first-order chi connectivity index (χ1) is 21.2. The topological polar surface area (TPSA) is 123 Å². The van der Waals surface area contributed by atoms with Crippen LogP contribution in [-0.2, 0) is 26.2 Å². The van der Waals surface area contributed by atoms with Gasteiger partial charge in [0.25, 0.3) is 21.8 Å². The molecule has 0 aromatic heterocycles. The van der Waals surface area contributed by atoms with E-state index < -0.39 is 16.1 Å². The van der Waals surface area contributed by atoms with Crippen LogP contribution in [0.3, 0.4) is 0 Å². The van der Waals surface area contributed by atoms with Gasteiger partial charge in [-0.3, -0.25) is 14.3 Å². The summed E-state index contributed by atoms with van der Waals surface area (Å²) in [7, 11) is -3.87. The molecule has 0 aliphatic carbocycles. The average molecular weight is 616 g/mol. The van der Waals surface area contributed by atoms with E-state index in [9.17, 15) is 18.0 Å². The summed E-state index contributed by atoms with van der Waals surface area (Å²) in [5.74, 6) is 0.697. The summed E-state index contributed by atoms with van der Waals surface area (Å²) in [5.41, 5.74) is 2.41. The van der Waals surface area contributed by atoms with Gasteiger partial charge in [0, 0.05) is 12.2 Å². The minimum Gasteiger partial charge on any atom is -0.494 e. The van der Waals surface area contributed by atoms with Crippen LogP contribution in [0.5, 0.6) is 17.2 Å². The van der Waals surface area contributed by atoms with E-state index in [0.29, 0.717) is 47.3 Å². The van der Waals surface area contributed by atoms with Gasteiger partial charge in [-0.2, -0.15) is 0 Å². The molecule has 1 aliphatic rings. The number of sulfonamides is 1. The van der Waals surface area contributed by atoms with Gasteiger partial charge in [-0.15, -0.1) is 0 Å². The minimum atomic E-state index is -3.87. The molecular weight excluding hydrogens is 582 g/mol. The summed E-state index contributed by atoms with van der Waals surface area (Å²) in [6, 6.07) is 27.5. The number of rotatable bonds is 11. The first kappa shape index (κ1) is 30.4. The zero-order valence-electron chi connectivity index (χ0n) is 24.4. The number of carbonyl (C=O) groups excluding carboxylic acids is 2. The van der Waals surface area contributed by atoms with E-state index in [0.717, 1.165) is 5.56 Å². The maximum Gasteiger partial charge on any atom is 0.265 e. The number of amides is 2. The fourth-order valence-electron chi connectivity index (χ4n) is 4.67. The molecule has 10 nitrogen and oxygen atoms in total. The van der Waals surface area contributed by atoms with Crippen LogP contribution in [0, 0.1) is 6.92 Å². The van der Waals surface area contributed by atoms with Crippen LogP contribution >= 0.6 is 0 Å². The number of fused-ring (bicyclic) bond motifs is 1. The minimum absolute atomic E-state index is 0.00715. The maximum absolute atomic E-state index is 13.4. The van der Waals surface area contributed by atoms with Crippen molar-refractivity contribution in [2.75, 3.05) is 29.4 Å². The molecule has 0 saturated heterocycles. The Labute approximate surface area is 256 Å². The van der Waals surface area contributed by atoms with E-state index in [1.165, 1.54) is 23.1 Å². The molecule has 0 spiro atoms.